The molecule has 7 heteroatoms. The van der Waals surface area contributed by atoms with E-state index in [4.69, 9.17) is 21.8 Å². The highest BCUT2D eigenvalue weighted by Gasteiger charge is 2.09. The number of carbonyl (C=O) groups is 1. The average molecular weight is 232 g/mol. The standard InChI is InChI=1S/C8H10ClN3O3/c1-4(13)3-10-6-2-5(7(14)15)11-8(9)12-6/h2,4,13H,3H2,1H3,(H,14,15)(H,10,11,12). The van der Waals surface area contributed by atoms with Crippen molar-refractivity contribution in [3.05, 3.63) is 17.0 Å². The largest absolute Gasteiger partial charge is 0.477 e. The minimum absolute atomic E-state index is 0.150. The van der Waals surface area contributed by atoms with E-state index in [0.717, 1.165) is 0 Å². The second-order valence-electron chi connectivity index (χ2n) is 2.94. The average Bonchev–Trinajstić information content (AvgIpc) is 2.13. The SMILES string of the molecule is CC(O)CNc1cc(C(=O)O)nc(Cl)n1. The molecule has 0 amide bonds. The van der Waals surface area contributed by atoms with Crippen molar-refractivity contribution < 1.29 is 15.0 Å². The van der Waals surface area contributed by atoms with Gasteiger partial charge in [0.25, 0.3) is 0 Å². The molecule has 0 saturated heterocycles. The van der Waals surface area contributed by atoms with Crippen molar-refractivity contribution >= 4 is 23.4 Å². The fraction of sp³-hybridized carbons (Fsp3) is 0.375. The fourth-order valence-electron chi connectivity index (χ4n) is 0.870. The first-order valence-electron chi connectivity index (χ1n) is 4.19. The molecule has 0 saturated carbocycles. The molecule has 0 bridgehead atoms. The quantitative estimate of drug-likeness (QED) is 0.658. The number of rotatable bonds is 4. The summed E-state index contributed by atoms with van der Waals surface area (Å²) >= 11 is 5.52. The van der Waals surface area contributed by atoms with Gasteiger partial charge in [-0.15, -0.1) is 0 Å². The van der Waals surface area contributed by atoms with Gasteiger partial charge in [-0.1, -0.05) is 0 Å². The predicted molar refractivity (Wildman–Crippen MR) is 54.2 cm³/mol. The molecule has 3 N–H and O–H groups in total. The Balaban J connectivity index is 2.84. The number of carboxylic acid groups (broad SMARTS) is 1. The first-order valence-corrected chi connectivity index (χ1v) is 4.56. The highest BCUT2D eigenvalue weighted by molar-refractivity contribution is 6.28. The van der Waals surface area contributed by atoms with Gasteiger partial charge in [-0.3, -0.25) is 0 Å². The maximum atomic E-state index is 10.6. The topological polar surface area (TPSA) is 95.3 Å². The van der Waals surface area contributed by atoms with Gasteiger partial charge < -0.3 is 15.5 Å². The summed E-state index contributed by atoms with van der Waals surface area (Å²) in [4.78, 5) is 17.9. The number of anilines is 1. The minimum atomic E-state index is -1.18. The highest BCUT2D eigenvalue weighted by Crippen LogP contribution is 2.10. The lowest BCUT2D eigenvalue weighted by Gasteiger charge is -2.07. The van der Waals surface area contributed by atoms with Gasteiger partial charge in [-0.25, -0.2) is 14.8 Å². The first-order chi connectivity index (χ1) is 6.99. The second-order valence-corrected chi connectivity index (χ2v) is 3.28. The van der Waals surface area contributed by atoms with E-state index in [2.05, 4.69) is 15.3 Å². The molecule has 1 heterocycles. The van der Waals surface area contributed by atoms with Crippen LogP contribution in [0, 0.1) is 0 Å². The number of hydrogen-bond donors (Lipinski definition) is 3. The predicted octanol–water partition coefficient (Wildman–Crippen LogP) is 0.621. The van der Waals surface area contributed by atoms with Gasteiger partial charge in [0, 0.05) is 12.6 Å². The van der Waals surface area contributed by atoms with Crippen LogP contribution in [0.15, 0.2) is 6.07 Å². The van der Waals surface area contributed by atoms with Crippen molar-refractivity contribution in [2.45, 2.75) is 13.0 Å². The molecule has 6 nitrogen and oxygen atoms in total. The summed E-state index contributed by atoms with van der Waals surface area (Å²) in [7, 11) is 0. The molecular weight excluding hydrogens is 222 g/mol. The van der Waals surface area contributed by atoms with Crippen molar-refractivity contribution in [3.8, 4) is 0 Å². The van der Waals surface area contributed by atoms with Crippen molar-refractivity contribution in [1.29, 1.82) is 0 Å². The van der Waals surface area contributed by atoms with Crippen LogP contribution >= 0.6 is 11.6 Å². The van der Waals surface area contributed by atoms with Gasteiger partial charge in [0.15, 0.2) is 5.69 Å². The molecule has 0 aliphatic rings. The molecule has 1 aromatic heterocycles. The van der Waals surface area contributed by atoms with Crippen LogP contribution in [0.25, 0.3) is 0 Å². The second kappa shape index (κ2) is 4.90. The van der Waals surface area contributed by atoms with Crippen molar-refractivity contribution in [3.63, 3.8) is 0 Å². The summed E-state index contributed by atoms with van der Waals surface area (Å²) in [5.74, 6) is -0.910. The molecule has 82 valence electrons. The van der Waals surface area contributed by atoms with E-state index >= 15 is 0 Å². The Morgan fingerprint density at radius 1 is 1.67 bits per heavy atom. The third kappa shape index (κ3) is 3.69. The van der Waals surface area contributed by atoms with E-state index in [-0.39, 0.29) is 23.3 Å². The number of nitrogens with one attached hydrogen (secondary N) is 1. The van der Waals surface area contributed by atoms with Crippen molar-refractivity contribution in [2.75, 3.05) is 11.9 Å². The molecule has 0 aromatic carbocycles. The molecule has 15 heavy (non-hydrogen) atoms. The third-order valence-electron chi connectivity index (χ3n) is 1.50. The molecule has 0 fully saturated rings. The Hall–Kier alpha value is -1.40. The third-order valence-corrected chi connectivity index (χ3v) is 1.67. The zero-order valence-electron chi connectivity index (χ0n) is 7.94. The summed E-state index contributed by atoms with van der Waals surface area (Å²) in [6.45, 7) is 1.85. The number of halogens is 1. The molecule has 1 aromatic rings. The lowest BCUT2D eigenvalue weighted by Crippen LogP contribution is -2.16. The van der Waals surface area contributed by atoms with Gasteiger partial charge in [-0.05, 0) is 18.5 Å². The van der Waals surface area contributed by atoms with Crippen LogP contribution in [0.3, 0.4) is 0 Å². The summed E-state index contributed by atoms with van der Waals surface area (Å²) in [6, 6.07) is 1.25. The molecule has 0 radical (unpaired) electrons. The molecule has 0 aliphatic heterocycles. The molecule has 0 spiro atoms. The number of aromatic carboxylic acids is 1. The van der Waals surface area contributed by atoms with Crippen LogP contribution in [0.5, 0.6) is 0 Å². The maximum Gasteiger partial charge on any atom is 0.354 e. The van der Waals surface area contributed by atoms with E-state index < -0.39 is 12.1 Å². The van der Waals surface area contributed by atoms with E-state index in [1.165, 1.54) is 6.07 Å². The van der Waals surface area contributed by atoms with Crippen LogP contribution in [-0.2, 0) is 0 Å². The van der Waals surface area contributed by atoms with Crippen LogP contribution in [0.2, 0.25) is 5.28 Å². The molecule has 1 unspecified atom stereocenters. The lowest BCUT2D eigenvalue weighted by atomic mass is 10.3. The van der Waals surface area contributed by atoms with Gasteiger partial charge in [-0.2, -0.15) is 0 Å². The summed E-state index contributed by atoms with van der Waals surface area (Å²) < 4.78 is 0. The van der Waals surface area contributed by atoms with Crippen molar-refractivity contribution in [1.82, 2.24) is 9.97 Å². The van der Waals surface area contributed by atoms with Gasteiger partial charge in [0.2, 0.25) is 5.28 Å². The minimum Gasteiger partial charge on any atom is -0.477 e. The summed E-state index contributed by atoms with van der Waals surface area (Å²) in [6.07, 6.45) is -0.563. The van der Waals surface area contributed by atoms with Crippen LogP contribution in [0.1, 0.15) is 17.4 Å². The Labute approximate surface area is 90.9 Å². The summed E-state index contributed by atoms with van der Waals surface area (Å²) in [5.41, 5.74) is -0.192. The Morgan fingerprint density at radius 3 is 2.87 bits per heavy atom. The van der Waals surface area contributed by atoms with E-state index in [0.29, 0.717) is 0 Å². The fourth-order valence-corrected chi connectivity index (χ4v) is 1.05. The molecule has 1 rings (SSSR count). The van der Waals surface area contributed by atoms with E-state index in [9.17, 15) is 4.79 Å². The van der Waals surface area contributed by atoms with Gasteiger partial charge in [0.05, 0.1) is 6.10 Å². The molecular formula is C8H10ClN3O3. The zero-order chi connectivity index (χ0) is 11.4. The normalized spacial score (nSPS) is 12.2. The van der Waals surface area contributed by atoms with Crippen LogP contribution in [0.4, 0.5) is 5.82 Å². The lowest BCUT2D eigenvalue weighted by molar-refractivity contribution is 0.0690. The van der Waals surface area contributed by atoms with Crippen LogP contribution in [-0.4, -0.2) is 38.8 Å². The first kappa shape index (κ1) is 11.7. The van der Waals surface area contributed by atoms with Crippen molar-refractivity contribution in [2.24, 2.45) is 0 Å². The number of aromatic nitrogens is 2. The Kier molecular flexibility index (Phi) is 3.81. The summed E-state index contributed by atoms with van der Waals surface area (Å²) in [5, 5.41) is 20.3. The number of nitrogens with zero attached hydrogens (tertiary/aromatic N) is 2. The zero-order valence-corrected chi connectivity index (χ0v) is 8.69. The highest BCUT2D eigenvalue weighted by atomic mass is 35.5. The Bertz CT molecular complexity index is 370. The smallest absolute Gasteiger partial charge is 0.354 e. The monoisotopic (exact) mass is 231 g/mol. The molecule has 0 aliphatic carbocycles. The van der Waals surface area contributed by atoms with Gasteiger partial charge >= 0.3 is 5.97 Å². The number of carboxylic acids is 1. The maximum absolute atomic E-state index is 10.6. The number of hydrogen-bond acceptors (Lipinski definition) is 5. The van der Waals surface area contributed by atoms with E-state index in [1.54, 1.807) is 6.92 Å². The molecule has 1 atom stereocenters. The van der Waals surface area contributed by atoms with E-state index in [1.807, 2.05) is 0 Å². The van der Waals surface area contributed by atoms with Gasteiger partial charge in [0.1, 0.15) is 5.82 Å². The Morgan fingerprint density at radius 2 is 2.33 bits per heavy atom. The van der Waals surface area contributed by atoms with Crippen LogP contribution < -0.4 is 5.32 Å². The number of aliphatic hydroxyl groups is 1. The number of aliphatic hydroxyl groups excluding tert-OH is 1.